The molecule has 3 rings (SSSR count). The van der Waals surface area contributed by atoms with Crippen molar-refractivity contribution in [1.29, 1.82) is 0 Å². The fourth-order valence-electron chi connectivity index (χ4n) is 3.09. The minimum atomic E-state index is -3.76. The summed E-state index contributed by atoms with van der Waals surface area (Å²) in [6.07, 6.45) is 0. The van der Waals surface area contributed by atoms with Crippen LogP contribution in [0.3, 0.4) is 0 Å². The lowest BCUT2D eigenvalue weighted by Crippen LogP contribution is -2.26. The Kier molecular flexibility index (Phi) is 7.57. The fourth-order valence-corrected chi connectivity index (χ4v) is 4.37. The molecule has 31 heavy (non-hydrogen) atoms. The molecule has 0 saturated heterocycles. The van der Waals surface area contributed by atoms with E-state index in [-0.39, 0.29) is 17.3 Å². The van der Waals surface area contributed by atoms with E-state index in [1.54, 1.807) is 26.2 Å². The summed E-state index contributed by atoms with van der Waals surface area (Å²) in [6, 6.07) is 21.7. The summed E-state index contributed by atoms with van der Waals surface area (Å²) in [5, 5.41) is 2.84. The van der Waals surface area contributed by atoms with E-state index in [9.17, 15) is 13.2 Å². The first-order chi connectivity index (χ1) is 14.9. The average Bonchev–Trinajstić information content (AvgIpc) is 2.78. The molecular weight excluding hydrogens is 412 g/mol. The monoisotopic (exact) mass is 438 g/mol. The Morgan fingerprint density at radius 1 is 0.871 bits per heavy atom. The number of rotatable bonds is 9. The minimum absolute atomic E-state index is 0.0972. The van der Waals surface area contributed by atoms with Gasteiger partial charge < -0.3 is 10.1 Å². The Labute approximate surface area is 183 Å². The maximum Gasteiger partial charge on any atom is 0.251 e. The molecule has 6 nitrogen and oxygen atoms in total. The van der Waals surface area contributed by atoms with Gasteiger partial charge >= 0.3 is 0 Å². The van der Waals surface area contributed by atoms with Crippen LogP contribution < -0.4 is 10.0 Å². The van der Waals surface area contributed by atoms with Gasteiger partial charge in [0.05, 0.1) is 11.5 Å². The van der Waals surface area contributed by atoms with Crippen LogP contribution in [0, 0.1) is 6.92 Å². The van der Waals surface area contributed by atoms with Gasteiger partial charge in [-0.2, -0.15) is 0 Å². The molecule has 0 spiro atoms. The number of hydrogen-bond donors (Lipinski definition) is 2. The number of amides is 1. The van der Waals surface area contributed by atoms with Crippen molar-refractivity contribution in [2.45, 2.75) is 31.5 Å². The van der Waals surface area contributed by atoms with Crippen LogP contribution in [0.2, 0.25) is 0 Å². The summed E-state index contributed by atoms with van der Waals surface area (Å²) in [5.41, 5.74) is 3.72. The maximum absolute atomic E-state index is 12.8. The number of aryl methyl sites for hydroxylation is 1. The molecule has 0 saturated carbocycles. The second-order valence-electron chi connectivity index (χ2n) is 7.22. The number of carbonyl (C=O) groups is 1. The molecule has 162 valence electrons. The smallest absolute Gasteiger partial charge is 0.251 e. The van der Waals surface area contributed by atoms with E-state index >= 15 is 0 Å². The lowest BCUT2D eigenvalue weighted by atomic mass is 10.1. The van der Waals surface area contributed by atoms with Gasteiger partial charge in [-0.25, -0.2) is 13.1 Å². The number of hydrogen-bond acceptors (Lipinski definition) is 4. The number of benzene rings is 3. The summed E-state index contributed by atoms with van der Waals surface area (Å²) in [6.45, 7) is 2.76. The van der Waals surface area contributed by atoms with Crippen LogP contribution in [-0.2, 0) is 34.5 Å². The van der Waals surface area contributed by atoms with Crippen molar-refractivity contribution in [2.75, 3.05) is 7.11 Å². The van der Waals surface area contributed by atoms with Gasteiger partial charge in [0.1, 0.15) is 0 Å². The van der Waals surface area contributed by atoms with Gasteiger partial charge in [0.25, 0.3) is 5.91 Å². The molecule has 3 aromatic carbocycles. The van der Waals surface area contributed by atoms with Gasteiger partial charge in [0, 0.05) is 25.8 Å². The molecule has 1 amide bonds. The van der Waals surface area contributed by atoms with Crippen LogP contribution in [0.4, 0.5) is 0 Å². The standard InChI is InChI=1S/C24H26N2O4S/c1-18-8-13-22(24(27)25-15-20-9-11-21(12-10-20)17-30-2)14-23(18)31(28,29)26-16-19-6-4-3-5-7-19/h3-14,26H,15-17H2,1-2H3,(H,25,27). The Bertz CT molecular complexity index is 1130. The second kappa shape index (κ2) is 10.3. The van der Waals surface area contributed by atoms with Crippen LogP contribution >= 0.6 is 0 Å². The van der Waals surface area contributed by atoms with E-state index in [0.29, 0.717) is 24.3 Å². The van der Waals surface area contributed by atoms with E-state index in [2.05, 4.69) is 10.0 Å². The summed E-state index contributed by atoms with van der Waals surface area (Å²) in [5.74, 6) is -0.333. The highest BCUT2D eigenvalue weighted by Gasteiger charge is 2.19. The molecule has 0 aliphatic heterocycles. The van der Waals surface area contributed by atoms with Crippen LogP contribution in [0.25, 0.3) is 0 Å². The number of nitrogens with one attached hydrogen (secondary N) is 2. The van der Waals surface area contributed by atoms with Gasteiger partial charge in [-0.3, -0.25) is 4.79 Å². The summed E-state index contributed by atoms with van der Waals surface area (Å²) < 4.78 is 33.3. The quantitative estimate of drug-likeness (QED) is 0.535. The Morgan fingerprint density at radius 2 is 1.52 bits per heavy atom. The topological polar surface area (TPSA) is 84.5 Å². The van der Waals surface area contributed by atoms with Crippen LogP contribution in [-0.4, -0.2) is 21.4 Å². The third kappa shape index (κ3) is 6.24. The molecule has 7 heteroatoms. The van der Waals surface area contributed by atoms with Crippen molar-refractivity contribution in [3.05, 3.63) is 101 Å². The van der Waals surface area contributed by atoms with E-state index < -0.39 is 10.0 Å². The molecule has 2 N–H and O–H groups in total. The average molecular weight is 439 g/mol. The number of ether oxygens (including phenoxy) is 1. The summed E-state index contributed by atoms with van der Waals surface area (Å²) in [4.78, 5) is 12.7. The largest absolute Gasteiger partial charge is 0.380 e. The first-order valence-corrected chi connectivity index (χ1v) is 11.4. The predicted octanol–water partition coefficient (Wildman–Crippen LogP) is 3.55. The molecule has 0 bridgehead atoms. The van der Waals surface area contributed by atoms with E-state index in [1.807, 2.05) is 54.6 Å². The van der Waals surface area contributed by atoms with Crippen molar-refractivity contribution in [2.24, 2.45) is 0 Å². The second-order valence-corrected chi connectivity index (χ2v) is 8.96. The Morgan fingerprint density at radius 3 is 2.19 bits per heavy atom. The van der Waals surface area contributed by atoms with Crippen molar-refractivity contribution in [3.8, 4) is 0 Å². The zero-order valence-corrected chi connectivity index (χ0v) is 18.4. The Hall–Kier alpha value is -3.00. The summed E-state index contributed by atoms with van der Waals surface area (Å²) >= 11 is 0. The lowest BCUT2D eigenvalue weighted by molar-refractivity contribution is 0.0950. The first kappa shape index (κ1) is 22.7. The van der Waals surface area contributed by atoms with Crippen molar-refractivity contribution in [1.82, 2.24) is 10.0 Å². The fraction of sp³-hybridized carbons (Fsp3) is 0.208. The zero-order chi connectivity index (χ0) is 22.3. The number of methoxy groups -OCH3 is 1. The van der Waals surface area contributed by atoms with E-state index in [0.717, 1.165) is 16.7 Å². The molecule has 0 aliphatic rings. The molecule has 0 fully saturated rings. The van der Waals surface area contributed by atoms with Gasteiger partial charge in [-0.15, -0.1) is 0 Å². The SMILES string of the molecule is COCc1ccc(CNC(=O)c2ccc(C)c(S(=O)(=O)NCc3ccccc3)c2)cc1. The van der Waals surface area contributed by atoms with Crippen molar-refractivity contribution < 1.29 is 17.9 Å². The molecule has 0 atom stereocenters. The molecule has 0 aromatic heterocycles. The predicted molar refractivity (Wildman–Crippen MR) is 120 cm³/mol. The Balaban J connectivity index is 1.68. The first-order valence-electron chi connectivity index (χ1n) is 9.88. The van der Waals surface area contributed by atoms with Crippen LogP contribution in [0.5, 0.6) is 0 Å². The minimum Gasteiger partial charge on any atom is -0.380 e. The third-order valence-corrected chi connectivity index (χ3v) is 6.38. The molecule has 0 heterocycles. The van der Waals surface area contributed by atoms with Gasteiger partial charge in [-0.1, -0.05) is 60.7 Å². The summed E-state index contributed by atoms with van der Waals surface area (Å²) in [7, 11) is -2.12. The molecule has 3 aromatic rings. The normalized spacial score (nSPS) is 11.3. The molecule has 0 radical (unpaired) electrons. The van der Waals surface area contributed by atoms with Crippen LogP contribution in [0.1, 0.15) is 32.6 Å². The van der Waals surface area contributed by atoms with Crippen LogP contribution in [0.15, 0.2) is 77.7 Å². The molecule has 0 unspecified atom stereocenters. The van der Waals surface area contributed by atoms with E-state index in [4.69, 9.17) is 4.74 Å². The van der Waals surface area contributed by atoms with Crippen molar-refractivity contribution in [3.63, 3.8) is 0 Å². The third-order valence-electron chi connectivity index (χ3n) is 4.84. The number of carbonyl (C=O) groups excluding carboxylic acids is 1. The van der Waals surface area contributed by atoms with Crippen molar-refractivity contribution >= 4 is 15.9 Å². The maximum atomic E-state index is 12.8. The van der Waals surface area contributed by atoms with Gasteiger partial charge in [-0.05, 0) is 41.3 Å². The highest BCUT2D eigenvalue weighted by molar-refractivity contribution is 7.89. The number of sulfonamides is 1. The van der Waals surface area contributed by atoms with E-state index in [1.165, 1.54) is 6.07 Å². The highest BCUT2D eigenvalue weighted by atomic mass is 32.2. The zero-order valence-electron chi connectivity index (χ0n) is 17.6. The highest BCUT2D eigenvalue weighted by Crippen LogP contribution is 2.18. The van der Waals surface area contributed by atoms with Gasteiger partial charge in [0.15, 0.2) is 0 Å². The van der Waals surface area contributed by atoms with Gasteiger partial charge in [0.2, 0.25) is 10.0 Å². The molecule has 0 aliphatic carbocycles. The molecular formula is C24H26N2O4S. The lowest BCUT2D eigenvalue weighted by Gasteiger charge is -2.12.